The molecule has 0 aromatic carbocycles. The van der Waals surface area contributed by atoms with E-state index in [1.807, 2.05) is 6.92 Å². The second-order valence-electron chi connectivity index (χ2n) is 6.68. The Morgan fingerprint density at radius 1 is 0.682 bits per heavy atom. The highest BCUT2D eigenvalue weighted by Gasteiger charge is 2.48. The third-order valence-electron chi connectivity index (χ3n) is 5.17. The second-order valence-corrected chi connectivity index (χ2v) is 6.68. The molecule has 0 rings (SSSR count). The molecule has 0 aromatic rings. The molecule has 0 fully saturated rings. The van der Waals surface area contributed by atoms with Gasteiger partial charge < -0.3 is 34.4 Å². The van der Waals surface area contributed by atoms with Gasteiger partial charge in [-0.25, -0.2) is 0 Å². The highest BCUT2D eigenvalue weighted by Crippen LogP contribution is 2.46. The molecule has 0 saturated heterocycles. The number of nitrogens with two attached hydrogens (primary N) is 6. The molecule has 134 valence electrons. The van der Waals surface area contributed by atoms with Crippen LogP contribution in [0.15, 0.2) is 0 Å². The van der Waals surface area contributed by atoms with E-state index in [9.17, 15) is 0 Å². The first-order valence-electron chi connectivity index (χ1n) is 8.79. The van der Waals surface area contributed by atoms with Crippen molar-refractivity contribution in [1.29, 1.82) is 0 Å². The fraction of sp³-hybridized carbons (Fsp3) is 1.00. The third-order valence-corrected chi connectivity index (χ3v) is 5.17. The molecule has 6 nitrogen and oxygen atoms in total. The quantitative estimate of drug-likeness (QED) is 0.264. The van der Waals surface area contributed by atoms with Gasteiger partial charge in [0, 0.05) is 11.6 Å². The van der Waals surface area contributed by atoms with Crippen molar-refractivity contribution in [2.24, 2.45) is 39.8 Å². The molecule has 2 atom stereocenters. The Bertz CT molecular complexity index is 250. The predicted octanol–water partition coefficient (Wildman–Crippen LogP) is -0.0269. The Morgan fingerprint density at radius 2 is 1.00 bits per heavy atom. The van der Waals surface area contributed by atoms with Gasteiger partial charge in [0.2, 0.25) is 0 Å². The zero-order valence-corrected chi connectivity index (χ0v) is 14.5. The highest BCUT2D eigenvalue weighted by molar-refractivity contribution is 5.07. The minimum atomic E-state index is -0.452. The average Bonchev–Trinajstić information content (AvgIpc) is 2.51. The lowest BCUT2D eigenvalue weighted by molar-refractivity contribution is 0.0494. The Hall–Kier alpha value is -0.240. The molecule has 6 heteroatoms. The summed E-state index contributed by atoms with van der Waals surface area (Å²) in [6, 6.07) is -0.104. The summed E-state index contributed by atoms with van der Waals surface area (Å²) in [6.07, 6.45) is 7.50. The molecular formula is C16H40N6. The van der Waals surface area contributed by atoms with Crippen LogP contribution in [-0.2, 0) is 0 Å². The van der Waals surface area contributed by atoms with Crippen LogP contribution < -0.4 is 34.4 Å². The zero-order valence-electron chi connectivity index (χ0n) is 14.5. The van der Waals surface area contributed by atoms with Crippen LogP contribution in [0.5, 0.6) is 0 Å². The van der Waals surface area contributed by atoms with E-state index in [2.05, 4.69) is 0 Å². The number of rotatable bonds is 14. The Balaban J connectivity index is 5.54. The van der Waals surface area contributed by atoms with Crippen molar-refractivity contribution >= 4 is 0 Å². The van der Waals surface area contributed by atoms with Gasteiger partial charge in [-0.1, -0.05) is 0 Å². The molecule has 0 saturated carbocycles. The first kappa shape index (κ1) is 21.8. The van der Waals surface area contributed by atoms with Crippen molar-refractivity contribution in [3.63, 3.8) is 0 Å². The largest absolute Gasteiger partial charge is 0.330 e. The lowest BCUT2D eigenvalue weighted by Gasteiger charge is -2.52. The minimum Gasteiger partial charge on any atom is -0.330 e. The first-order chi connectivity index (χ1) is 10.4. The van der Waals surface area contributed by atoms with Crippen molar-refractivity contribution in [3.8, 4) is 0 Å². The molecule has 0 aliphatic carbocycles. The zero-order chi connectivity index (χ0) is 17.1. The molecule has 0 aromatic heterocycles. The van der Waals surface area contributed by atoms with Gasteiger partial charge >= 0.3 is 0 Å². The van der Waals surface area contributed by atoms with Crippen molar-refractivity contribution in [1.82, 2.24) is 0 Å². The molecule has 0 radical (unpaired) electrons. The first-order valence-corrected chi connectivity index (χ1v) is 8.79. The average molecular weight is 317 g/mol. The molecule has 22 heavy (non-hydrogen) atoms. The Morgan fingerprint density at radius 3 is 1.27 bits per heavy atom. The van der Waals surface area contributed by atoms with Crippen LogP contribution in [0, 0.1) is 5.41 Å². The summed E-state index contributed by atoms with van der Waals surface area (Å²) in [5.41, 5.74) is 35.8. The summed E-state index contributed by atoms with van der Waals surface area (Å²) in [5.74, 6) is 0. The van der Waals surface area contributed by atoms with Gasteiger partial charge in [-0.05, 0) is 89.9 Å². The lowest BCUT2D eigenvalue weighted by atomic mass is 9.58. The molecule has 2 unspecified atom stereocenters. The van der Waals surface area contributed by atoms with E-state index >= 15 is 0 Å². The molecule has 0 spiro atoms. The van der Waals surface area contributed by atoms with Crippen LogP contribution in [-0.4, -0.2) is 37.8 Å². The maximum atomic E-state index is 6.93. The van der Waals surface area contributed by atoms with E-state index in [-0.39, 0.29) is 11.5 Å². The third kappa shape index (κ3) is 5.76. The van der Waals surface area contributed by atoms with Crippen LogP contribution in [0.1, 0.15) is 58.3 Å². The fourth-order valence-corrected chi connectivity index (χ4v) is 3.76. The van der Waals surface area contributed by atoms with E-state index in [0.29, 0.717) is 26.2 Å². The number of hydrogen-bond acceptors (Lipinski definition) is 6. The lowest BCUT2D eigenvalue weighted by Crippen LogP contribution is -2.65. The van der Waals surface area contributed by atoms with Gasteiger partial charge in [-0.2, -0.15) is 0 Å². The van der Waals surface area contributed by atoms with Crippen LogP contribution in [0.4, 0.5) is 0 Å². The molecule has 0 bridgehead atoms. The maximum Gasteiger partial charge on any atom is 0.0362 e. The van der Waals surface area contributed by atoms with Gasteiger partial charge in [0.15, 0.2) is 0 Å². The summed E-state index contributed by atoms with van der Waals surface area (Å²) in [6.45, 7) is 4.64. The molecule has 0 heterocycles. The molecule has 0 aliphatic heterocycles. The summed E-state index contributed by atoms with van der Waals surface area (Å²) in [7, 11) is 0. The Labute approximate surface area is 136 Å². The van der Waals surface area contributed by atoms with E-state index < -0.39 is 5.54 Å². The van der Waals surface area contributed by atoms with Gasteiger partial charge in [-0.3, -0.25) is 0 Å². The molecule has 0 aliphatic rings. The second kappa shape index (κ2) is 11.3. The van der Waals surface area contributed by atoms with Crippen molar-refractivity contribution in [2.45, 2.75) is 69.9 Å². The SMILES string of the molecule is CC(N)C(N)(CCCN)C(CCCN)(CCCN)CCCN. The summed E-state index contributed by atoms with van der Waals surface area (Å²) >= 11 is 0. The van der Waals surface area contributed by atoms with Crippen molar-refractivity contribution in [3.05, 3.63) is 0 Å². The number of hydrogen-bond donors (Lipinski definition) is 6. The Kier molecular flexibility index (Phi) is 11.2. The topological polar surface area (TPSA) is 156 Å². The van der Waals surface area contributed by atoms with E-state index in [4.69, 9.17) is 34.4 Å². The fourth-order valence-electron chi connectivity index (χ4n) is 3.76. The smallest absolute Gasteiger partial charge is 0.0362 e. The van der Waals surface area contributed by atoms with E-state index in [1.54, 1.807) is 0 Å². The standard InChI is InChI=1S/C16H40N6/c1-14(21)16(22,9-5-13-20)15(6-2-10-17,7-3-11-18)8-4-12-19/h14H,2-13,17-22H2,1H3. The monoisotopic (exact) mass is 316 g/mol. The normalized spacial score (nSPS) is 16.5. The summed E-state index contributed by atoms with van der Waals surface area (Å²) in [5, 5.41) is 0. The van der Waals surface area contributed by atoms with Gasteiger partial charge in [0.05, 0.1) is 0 Å². The van der Waals surface area contributed by atoms with Crippen LogP contribution in [0.3, 0.4) is 0 Å². The van der Waals surface area contributed by atoms with Crippen LogP contribution in [0.2, 0.25) is 0 Å². The van der Waals surface area contributed by atoms with Crippen molar-refractivity contribution < 1.29 is 0 Å². The van der Waals surface area contributed by atoms with Crippen LogP contribution >= 0.6 is 0 Å². The molecule has 0 amide bonds. The van der Waals surface area contributed by atoms with E-state index in [0.717, 1.165) is 51.4 Å². The summed E-state index contributed by atoms with van der Waals surface area (Å²) < 4.78 is 0. The minimum absolute atomic E-state index is 0.0611. The molecular weight excluding hydrogens is 276 g/mol. The predicted molar refractivity (Wildman–Crippen MR) is 96.2 cm³/mol. The van der Waals surface area contributed by atoms with Crippen molar-refractivity contribution in [2.75, 3.05) is 26.2 Å². The van der Waals surface area contributed by atoms with Gasteiger partial charge in [-0.15, -0.1) is 0 Å². The maximum absolute atomic E-state index is 6.93. The van der Waals surface area contributed by atoms with E-state index in [1.165, 1.54) is 0 Å². The summed E-state index contributed by atoms with van der Waals surface area (Å²) in [4.78, 5) is 0. The van der Waals surface area contributed by atoms with Gasteiger partial charge in [0.1, 0.15) is 0 Å². The van der Waals surface area contributed by atoms with Crippen LogP contribution in [0.25, 0.3) is 0 Å². The molecule has 12 N–H and O–H groups in total. The van der Waals surface area contributed by atoms with Gasteiger partial charge in [0.25, 0.3) is 0 Å². The highest BCUT2D eigenvalue weighted by atomic mass is 14.9.